The van der Waals surface area contributed by atoms with Crippen molar-refractivity contribution in [3.05, 3.63) is 159 Å². The number of anilines is 1. The maximum atomic E-state index is 14.9. The van der Waals surface area contributed by atoms with Crippen LogP contribution < -0.4 is 24.4 Å². The van der Waals surface area contributed by atoms with Gasteiger partial charge in [0, 0.05) is 107 Å². The first kappa shape index (κ1) is 84.5. The van der Waals surface area contributed by atoms with E-state index >= 15 is 0 Å². The van der Waals surface area contributed by atoms with Gasteiger partial charge >= 0.3 is 17.9 Å². The van der Waals surface area contributed by atoms with E-state index in [9.17, 15) is 48.3 Å². The molecule has 0 bridgehead atoms. The van der Waals surface area contributed by atoms with E-state index in [1.807, 2.05) is 74.4 Å². The molecule has 5 aliphatic heterocycles. The fourth-order valence-electron chi connectivity index (χ4n) is 13.4. The van der Waals surface area contributed by atoms with Gasteiger partial charge in [-0.05, 0) is 78.1 Å². The first-order chi connectivity index (χ1) is 54.3. The van der Waals surface area contributed by atoms with Gasteiger partial charge < -0.3 is 72.2 Å². The molecule has 6 amide bonds. The number of nitrogens with one attached hydrogen (secondary N) is 1. The average molecular weight is 1550 g/mol. The fourth-order valence-corrected chi connectivity index (χ4v) is 13.4. The van der Waals surface area contributed by atoms with Gasteiger partial charge in [-0.25, -0.2) is 9.69 Å². The van der Waals surface area contributed by atoms with Crippen molar-refractivity contribution in [2.24, 2.45) is 16.8 Å². The maximum absolute atomic E-state index is 14.9. The number of hydrogen-bond donors (Lipinski definition) is 2. The molecule has 0 aliphatic carbocycles. The van der Waals surface area contributed by atoms with Crippen LogP contribution in [0.3, 0.4) is 0 Å². The first-order valence-corrected chi connectivity index (χ1v) is 38.4. The van der Waals surface area contributed by atoms with Crippen LogP contribution >= 0.6 is 0 Å². The average Bonchev–Trinajstić information content (AvgIpc) is 1.58. The van der Waals surface area contributed by atoms with Crippen molar-refractivity contribution in [1.29, 1.82) is 0 Å². The molecular weight excluding hydrogens is 1440 g/mol. The first-order valence-electron chi connectivity index (χ1n) is 38.4. The number of ether oxygens (including phenoxy) is 12. The minimum absolute atomic E-state index is 0.0161. The molecule has 0 spiro atoms. The number of benzene rings is 5. The molecule has 4 atom stereocenters. The Kier molecular flexibility index (Phi) is 32.6. The third kappa shape index (κ3) is 24.1. The Morgan fingerprint density at radius 2 is 1.15 bits per heavy atom. The van der Waals surface area contributed by atoms with Crippen molar-refractivity contribution in [2.75, 3.05) is 137 Å². The number of ketones is 3. The molecular formula is C84H103N6O22+. The van der Waals surface area contributed by atoms with Crippen LogP contribution in [0.2, 0.25) is 0 Å². The van der Waals surface area contributed by atoms with Gasteiger partial charge in [-0.1, -0.05) is 86.6 Å². The Hall–Kier alpha value is -9.91. The Morgan fingerprint density at radius 1 is 0.589 bits per heavy atom. The van der Waals surface area contributed by atoms with Gasteiger partial charge in [-0.15, -0.1) is 0 Å². The molecule has 112 heavy (non-hydrogen) atoms. The predicted octanol–water partition coefficient (Wildman–Crippen LogP) is 8.29. The molecule has 600 valence electrons. The maximum Gasteiger partial charge on any atom is 0.421 e. The van der Waals surface area contributed by atoms with E-state index in [4.69, 9.17) is 61.8 Å². The molecule has 5 heterocycles. The van der Waals surface area contributed by atoms with Gasteiger partial charge in [0.15, 0.2) is 23.8 Å². The summed E-state index contributed by atoms with van der Waals surface area (Å²) >= 11 is 0. The molecule has 5 aliphatic rings. The summed E-state index contributed by atoms with van der Waals surface area (Å²) in [6, 6.07) is 27.3. The quantitative estimate of drug-likeness (QED) is 0.0210. The summed E-state index contributed by atoms with van der Waals surface area (Å²) in [6.07, 6.45) is 5.59. The van der Waals surface area contributed by atoms with E-state index in [1.54, 1.807) is 60.0 Å². The van der Waals surface area contributed by atoms with Crippen molar-refractivity contribution in [3.63, 3.8) is 0 Å². The van der Waals surface area contributed by atoms with Gasteiger partial charge in [0.05, 0.1) is 148 Å². The molecule has 10 rings (SSSR count). The molecule has 0 aromatic heterocycles. The van der Waals surface area contributed by atoms with Crippen molar-refractivity contribution in [3.8, 4) is 17.2 Å². The Balaban J connectivity index is 0.580. The minimum atomic E-state index is -0.974. The topological polar surface area (TPSA) is 322 Å². The molecule has 2 unspecified atom stereocenters. The molecule has 0 fully saturated rings. The SMILES string of the molecule is COc1cc2c(cc1OCCCOc1cc3c(cc1C)C(O)=[N+]1Cc4ccccc4CC1C(=O)N3C(=O)OCc1ccc(CC(=O)[C@H](C)NC(=O)[C@@H](CC(=O)CCOCCOCCOCCOCCOCCOCCOCCOCCCC(=O)CCN3C(=O)C=CC3=O)C(C)C)cc1)N=CC1Cc3ccccc3CN1C2=O. The van der Waals surface area contributed by atoms with Crippen LogP contribution in [0.15, 0.2) is 114 Å². The number of aliphatic hydroxyl groups excluding tert-OH is 1. The highest BCUT2D eigenvalue weighted by Crippen LogP contribution is 2.40. The van der Waals surface area contributed by atoms with E-state index in [0.29, 0.717) is 170 Å². The van der Waals surface area contributed by atoms with Crippen LogP contribution in [0.4, 0.5) is 16.2 Å². The monoisotopic (exact) mass is 1550 g/mol. The smallest absolute Gasteiger partial charge is 0.421 e. The second kappa shape index (κ2) is 43.2. The summed E-state index contributed by atoms with van der Waals surface area (Å²) in [5.74, 6) is -2.25. The van der Waals surface area contributed by atoms with Gasteiger partial charge in [-0.2, -0.15) is 4.58 Å². The second-order valence-electron chi connectivity index (χ2n) is 28.1. The fraction of sp³-hybridized carbons (Fsp3) is 0.488. The number of methoxy groups -OCH3 is 1. The third-order valence-electron chi connectivity index (χ3n) is 19.8. The second-order valence-corrected chi connectivity index (χ2v) is 28.1. The zero-order valence-corrected chi connectivity index (χ0v) is 64.5. The summed E-state index contributed by atoms with van der Waals surface area (Å²) in [6.45, 7) is 13.9. The summed E-state index contributed by atoms with van der Waals surface area (Å²) in [5.41, 5.74) is 7.18. The number of amides is 6. The number of aryl methyl sites for hydroxylation is 1. The van der Waals surface area contributed by atoms with Gasteiger partial charge in [0.2, 0.25) is 11.9 Å². The molecule has 0 radical (unpaired) electrons. The standard InChI is InChI=1S/C84H102N6O22/c1-56(2)68(48-67(92)24-29-103-31-33-105-35-37-107-39-41-109-43-42-108-40-38-106-36-34-104-32-30-102-26-10-16-66(91)23-25-87-78(94)21-22-79(87)95)80(96)86-58(4)74(93)45-59-17-19-60(20-18-59)55-112-84(100)90-72-51-75(57(3)44-70(72)82(98)89-54-64-15-9-7-13-62(64)47-73(89)83(90)99)110-27-11-28-111-77-50-71-69(49-76(77)101-5)81(97)88-53-63-14-8-6-12-61(63)46-65(88)52-85-71/h6-9,12-15,17-22,44,49-52,56,58,65,68,73H,10-11,16,23-43,45-48,53-55H2,1-5H3,(H,86,96)/p+1/t58-,65?,68-,73?/m0/s1. The molecule has 28 heteroatoms. The van der Waals surface area contributed by atoms with Crippen molar-refractivity contribution in [1.82, 2.24) is 15.1 Å². The predicted molar refractivity (Wildman–Crippen MR) is 411 cm³/mol. The highest BCUT2D eigenvalue weighted by Gasteiger charge is 2.48. The molecule has 5 aromatic rings. The van der Waals surface area contributed by atoms with Crippen LogP contribution in [-0.4, -0.2) is 235 Å². The van der Waals surface area contributed by atoms with Crippen LogP contribution in [0.1, 0.15) is 114 Å². The molecule has 2 N–H and O–H groups in total. The Morgan fingerprint density at radius 3 is 1.76 bits per heavy atom. The number of imide groups is 2. The van der Waals surface area contributed by atoms with Crippen molar-refractivity contribution < 1.29 is 110 Å². The third-order valence-corrected chi connectivity index (χ3v) is 19.8. The zero-order valence-electron chi connectivity index (χ0n) is 64.5. The molecule has 0 saturated carbocycles. The number of nitrogens with zero attached hydrogens (tertiary/aromatic N) is 5. The van der Waals surface area contributed by atoms with Crippen LogP contribution in [0, 0.1) is 18.8 Å². The van der Waals surface area contributed by atoms with E-state index in [1.165, 1.54) is 24.8 Å². The lowest BCUT2D eigenvalue weighted by Gasteiger charge is -2.34. The molecule has 0 saturated heterocycles. The van der Waals surface area contributed by atoms with Crippen LogP contribution in [0.25, 0.3) is 0 Å². The molecule has 28 nitrogen and oxygen atoms in total. The van der Waals surface area contributed by atoms with E-state index in [2.05, 4.69) is 11.4 Å². The number of Topliss-reactive ketones (excluding diaryl/α,β-unsaturated/α-hetero) is 3. The molecule has 5 aromatic carbocycles. The highest BCUT2D eigenvalue weighted by molar-refractivity contribution is 6.18. The highest BCUT2D eigenvalue weighted by atomic mass is 16.6. The lowest BCUT2D eigenvalue weighted by molar-refractivity contribution is -0.577. The number of hydrogen-bond acceptors (Lipinski definition) is 22. The van der Waals surface area contributed by atoms with Gasteiger partial charge in [-0.3, -0.25) is 48.2 Å². The summed E-state index contributed by atoms with van der Waals surface area (Å²) in [5, 5.41) is 14.9. The Bertz CT molecular complexity index is 4180. The van der Waals surface area contributed by atoms with Gasteiger partial charge in [0.25, 0.3) is 17.7 Å². The number of carbonyl (C=O) groups excluding carboxylic acids is 9. The van der Waals surface area contributed by atoms with Crippen LogP contribution in [0.5, 0.6) is 17.2 Å². The van der Waals surface area contributed by atoms with Crippen LogP contribution in [-0.2, 0) is 115 Å². The van der Waals surface area contributed by atoms with Crippen molar-refractivity contribution >= 4 is 76.5 Å². The van der Waals surface area contributed by atoms with E-state index < -0.39 is 35.9 Å². The lowest BCUT2D eigenvalue weighted by atomic mass is 9.88. The van der Waals surface area contributed by atoms with E-state index in [0.717, 1.165) is 26.5 Å². The Labute approximate surface area is 652 Å². The number of carbonyl (C=O) groups is 9. The van der Waals surface area contributed by atoms with E-state index in [-0.39, 0.29) is 142 Å². The minimum Gasteiger partial charge on any atom is -0.493 e. The lowest BCUT2D eigenvalue weighted by Crippen LogP contribution is -2.50. The largest absolute Gasteiger partial charge is 0.493 e. The van der Waals surface area contributed by atoms with Gasteiger partial charge in [0.1, 0.15) is 29.5 Å². The normalized spacial score (nSPS) is 16.1. The summed E-state index contributed by atoms with van der Waals surface area (Å²) in [4.78, 5) is 127. The summed E-state index contributed by atoms with van der Waals surface area (Å²) in [7, 11) is 1.51. The number of rotatable bonds is 48. The number of aliphatic imine (C=N–C) groups is 1. The zero-order chi connectivity index (χ0) is 79.3. The van der Waals surface area contributed by atoms with Crippen molar-refractivity contribution in [2.45, 2.75) is 123 Å². The number of aliphatic hydroxyl groups is 1. The number of fused-ring (bicyclic) bond motifs is 6. The summed E-state index contributed by atoms with van der Waals surface area (Å²) < 4.78 is 70.1.